The lowest BCUT2D eigenvalue weighted by molar-refractivity contribution is 0.475. The standard InChI is InChI=1S/C16H17N3O/c1-10-2-7-14-15(8-10)19-16(18-14)13(17)9-11-3-5-12(20)6-4-11/h2-8,13,20H,9,17H2,1H3,(H,18,19). The van der Waals surface area contributed by atoms with Crippen molar-refractivity contribution in [2.45, 2.75) is 19.4 Å². The summed E-state index contributed by atoms with van der Waals surface area (Å²) < 4.78 is 0. The first-order valence-electron chi connectivity index (χ1n) is 6.61. The van der Waals surface area contributed by atoms with Gasteiger partial charge in [0.25, 0.3) is 0 Å². The van der Waals surface area contributed by atoms with Crippen molar-refractivity contribution >= 4 is 11.0 Å². The van der Waals surface area contributed by atoms with Crippen molar-refractivity contribution in [3.8, 4) is 5.75 Å². The van der Waals surface area contributed by atoms with Crippen LogP contribution >= 0.6 is 0 Å². The molecule has 0 bridgehead atoms. The van der Waals surface area contributed by atoms with E-state index in [4.69, 9.17) is 5.73 Å². The maximum absolute atomic E-state index is 9.28. The first kappa shape index (κ1) is 12.7. The maximum Gasteiger partial charge on any atom is 0.124 e. The Kier molecular flexibility index (Phi) is 3.16. The molecule has 0 aliphatic rings. The molecule has 1 unspecified atom stereocenters. The minimum atomic E-state index is -0.188. The number of aromatic hydroxyl groups is 1. The predicted molar refractivity (Wildman–Crippen MR) is 79.6 cm³/mol. The van der Waals surface area contributed by atoms with Crippen LogP contribution in [0.15, 0.2) is 42.5 Å². The molecule has 0 aliphatic carbocycles. The van der Waals surface area contributed by atoms with Gasteiger partial charge in [0.15, 0.2) is 0 Å². The minimum Gasteiger partial charge on any atom is -0.508 e. The van der Waals surface area contributed by atoms with Crippen LogP contribution < -0.4 is 5.73 Å². The van der Waals surface area contributed by atoms with Crippen molar-refractivity contribution < 1.29 is 5.11 Å². The highest BCUT2D eigenvalue weighted by Crippen LogP contribution is 2.20. The molecule has 20 heavy (non-hydrogen) atoms. The number of H-pyrrole nitrogens is 1. The number of hydrogen-bond acceptors (Lipinski definition) is 3. The van der Waals surface area contributed by atoms with Gasteiger partial charge in [-0.15, -0.1) is 0 Å². The first-order chi connectivity index (χ1) is 9.61. The van der Waals surface area contributed by atoms with Crippen LogP contribution in [0.2, 0.25) is 0 Å². The summed E-state index contributed by atoms with van der Waals surface area (Å²) in [6, 6.07) is 13.0. The van der Waals surface area contributed by atoms with Crippen LogP contribution in [0.4, 0.5) is 0 Å². The highest BCUT2D eigenvalue weighted by molar-refractivity contribution is 5.75. The fourth-order valence-electron chi connectivity index (χ4n) is 2.30. The molecule has 0 saturated carbocycles. The van der Waals surface area contributed by atoms with Gasteiger partial charge in [-0.3, -0.25) is 0 Å². The minimum absolute atomic E-state index is 0.188. The van der Waals surface area contributed by atoms with Gasteiger partial charge in [0, 0.05) is 0 Å². The van der Waals surface area contributed by atoms with Gasteiger partial charge < -0.3 is 15.8 Å². The number of nitrogens with zero attached hydrogens (tertiary/aromatic N) is 1. The van der Waals surface area contributed by atoms with Gasteiger partial charge in [-0.05, 0) is 48.7 Å². The Morgan fingerprint density at radius 1 is 1.20 bits per heavy atom. The number of rotatable bonds is 3. The van der Waals surface area contributed by atoms with Crippen molar-refractivity contribution in [1.29, 1.82) is 0 Å². The Hall–Kier alpha value is -2.33. The number of phenolic OH excluding ortho intramolecular Hbond substituents is 1. The molecule has 3 rings (SSSR count). The van der Waals surface area contributed by atoms with Gasteiger partial charge in [-0.1, -0.05) is 18.2 Å². The van der Waals surface area contributed by atoms with E-state index in [9.17, 15) is 5.11 Å². The number of benzene rings is 2. The zero-order valence-corrected chi connectivity index (χ0v) is 11.3. The number of fused-ring (bicyclic) bond motifs is 1. The second-order valence-corrected chi connectivity index (χ2v) is 5.12. The summed E-state index contributed by atoms with van der Waals surface area (Å²) >= 11 is 0. The molecule has 4 nitrogen and oxygen atoms in total. The average molecular weight is 267 g/mol. The monoisotopic (exact) mass is 267 g/mol. The summed E-state index contributed by atoms with van der Waals surface area (Å²) in [7, 11) is 0. The van der Waals surface area contributed by atoms with Crippen LogP contribution in [0.3, 0.4) is 0 Å². The molecular formula is C16H17N3O. The Morgan fingerprint density at radius 3 is 2.70 bits per heavy atom. The lowest BCUT2D eigenvalue weighted by Crippen LogP contribution is -2.14. The van der Waals surface area contributed by atoms with Crippen molar-refractivity contribution in [2.24, 2.45) is 5.73 Å². The molecule has 0 saturated heterocycles. The fraction of sp³-hybridized carbons (Fsp3) is 0.188. The quantitative estimate of drug-likeness (QED) is 0.683. The number of imidazole rings is 1. The molecule has 2 aromatic carbocycles. The zero-order valence-electron chi connectivity index (χ0n) is 11.3. The summed E-state index contributed by atoms with van der Waals surface area (Å²) in [5, 5.41) is 9.28. The molecule has 0 amide bonds. The number of aryl methyl sites for hydroxylation is 1. The number of phenols is 1. The summed E-state index contributed by atoms with van der Waals surface area (Å²) in [4.78, 5) is 7.82. The van der Waals surface area contributed by atoms with Crippen LogP contribution in [0.5, 0.6) is 5.75 Å². The van der Waals surface area contributed by atoms with Crippen molar-refractivity contribution in [3.05, 3.63) is 59.4 Å². The lowest BCUT2D eigenvalue weighted by atomic mass is 10.1. The normalized spacial score (nSPS) is 12.7. The van der Waals surface area contributed by atoms with E-state index in [1.807, 2.05) is 24.3 Å². The Balaban J connectivity index is 1.84. The van der Waals surface area contributed by atoms with Crippen LogP contribution in [-0.4, -0.2) is 15.1 Å². The number of hydrogen-bond donors (Lipinski definition) is 3. The summed E-state index contributed by atoms with van der Waals surface area (Å²) in [6.45, 7) is 2.05. The van der Waals surface area contributed by atoms with E-state index in [2.05, 4.69) is 23.0 Å². The van der Waals surface area contributed by atoms with Crippen molar-refractivity contribution in [3.63, 3.8) is 0 Å². The zero-order chi connectivity index (χ0) is 14.1. The second-order valence-electron chi connectivity index (χ2n) is 5.12. The van der Waals surface area contributed by atoms with Crippen LogP contribution in [0, 0.1) is 6.92 Å². The van der Waals surface area contributed by atoms with Gasteiger partial charge in [0.05, 0.1) is 17.1 Å². The van der Waals surface area contributed by atoms with Crippen LogP contribution in [0.1, 0.15) is 23.0 Å². The van der Waals surface area contributed by atoms with E-state index in [0.29, 0.717) is 6.42 Å². The van der Waals surface area contributed by atoms with Crippen LogP contribution in [-0.2, 0) is 6.42 Å². The number of aromatic nitrogens is 2. The smallest absolute Gasteiger partial charge is 0.124 e. The highest BCUT2D eigenvalue weighted by Gasteiger charge is 2.12. The summed E-state index contributed by atoms with van der Waals surface area (Å²) in [5.74, 6) is 1.06. The third-order valence-electron chi connectivity index (χ3n) is 3.40. The molecule has 1 atom stereocenters. The van der Waals surface area contributed by atoms with Crippen molar-refractivity contribution in [1.82, 2.24) is 9.97 Å². The Morgan fingerprint density at radius 2 is 1.95 bits per heavy atom. The number of aromatic amines is 1. The van der Waals surface area contributed by atoms with E-state index in [-0.39, 0.29) is 11.8 Å². The molecule has 4 N–H and O–H groups in total. The van der Waals surface area contributed by atoms with Gasteiger partial charge in [0.1, 0.15) is 11.6 Å². The fourth-order valence-corrected chi connectivity index (χ4v) is 2.30. The van der Waals surface area contributed by atoms with Gasteiger partial charge in [-0.25, -0.2) is 4.98 Å². The number of nitrogens with one attached hydrogen (secondary N) is 1. The van der Waals surface area contributed by atoms with Gasteiger partial charge in [-0.2, -0.15) is 0 Å². The second kappa shape index (κ2) is 4.98. The molecule has 3 aromatic rings. The van der Waals surface area contributed by atoms with E-state index in [1.54, 1.807) is 12.1 Å². The average Bonchev–Trinajstić information content (AvgIpc) is 2.84. The van der Waals surface area contributed by atoms with Crippen LogP contribution in [0.25, 0.3) is 11.0 Å². The van der Waals surface area contributed by atoms with Gasteiger partial charge >= 0.3 is 0 Å². The topological polar surface area (TPSA) is 74.9 Å². The first-order valence-corrected chi connectivity index (χ1v) is 6.61. The van der Waals surface area contributed by atoms with E-state index < -0.39 is 0 Å². The highest BCUT2D eigenvalue weighted by atomic mass is 16.3. The molecular weight excluding hydrogens is 250 g/mol. The number of nitrogens with two attached hydrogens (primary N) is 1. The Bertz CT molecular complexity index is 731. The van der Waals surface area contributed by atoms with E-state index in [0.717, 1.165) is 22.4 Å². The summed E-state index contributed by atoms with van der Waals surface area (Å²) in [6.07, 6.45) is 0.680. The summed E-state index contributed by atoms with van der Waals surface area (Å²) in [5.41, 5.74) is 10.4. The molecule has 102 valence electrons. The largest absolute Gasteiger partial charge is 0.508 e. The molecule has 4 heteroatoms. The molecule has 1 heterocycles. The van der Waals surface area contributed by atoms with E-state index in [1.165, 1.54) is 5.56 Å². The molecule has 1 aromatic heterocycles. The van der Waals surface area contributed by atoms with Gasteiger partial charge in [0.2, 0.25) is 0 Å². The van der Waals surface area contributed by atoms with E-state index >= 15 is 0 Å². The lowest BCUT2D eigenvalue weighted by Gasteiger charge is -2.08. The molecule has 0 radical (unpaired) electrons. The van der Waals surface area contributed by atoms with Crippen molar-refractivity contribution in [2.75, 3.05) is 0 Å². The third-order valence-corrected chi connectivity index (χ3v) is 3.40. The third kappa shape index (κ3) is 2.51. The molecule has 0 spiro atoms. The maximum atomic E-state index is 9.28. The Labute approximate surface area is 117 Å². The molecule has 0 fully saturated rings. The predicted octanol–water partition coefficient (Wildman–Crippen LogP) is 2.82. The molecule has 0 aliphatic heterocycles. The SMILES string of the molecule is Cc1ccc2nc(C(N)Cc3ccc(O)cc3)[nH]c2c1.